The molecule has 3 aromatic rings. The van der Waals surface area contributed by atoms with Crippen LogP contribution in [0.2, 0.25) is 0 Å². The third kappa shape index (κ3) is 1.44. The van der Waals surface area contributed by atoms with E-state index in [1.807, 2.05) is 38.1 Å². The molecule has 3 rings (SSSR count). The Hall–Kier alpha value is -2.43. The Balaban J connectivity index is 2.42. The first-order valence-corrected chi connectivity index (χ1v) is 5.67. The zero-order chi connectivity index (χ0) is 12.7. The number of aryl methyl sites for hydroxylation is 2. The minimum Gasteiger partial charge on any atom is -0.266 e. The molecule has 5 heteroatoms. The lowest BCUT2D eigenvalue weighted by Gasteiger charge is -2.06. The molecule has 90 valence electrons. The highest BCUT2D eigenvalue weighted by Crippen LogP contribution is 2.18. The Morgan fingerprint density at radius 2 is 2.00 bits per heavy atom. The molecule has 0 spiro atoms. The zero-order valence-electron chi connectivity index (χ0n) is 10.1. The van der Waals surface area contributed by atoms with Crippen molar-refractivity contribution in [2.24, 2.45) is 0 Å². The lowest BCUT2D eigenvalue weighted by Crippen LogP contribution is -2.13. The maximum atomic E-state index is 11.9. The van der Waals surface area contributed by atoms with E-state index < -0.39 is 0 Å². The van der Waals surface area contributed by atoms with Crippen LogP contribution < -0.4 is 5.56 Å². The van der Waals surface area contributed by atoms with Crippen molar-refractivity contribution in [3.8, 4) is 5.69 Å². The summed E-state index contributed by atoms with van der Waals surface area (Å²) in [5.41, 5.74) is 3.05. The molecule has 2 aromatic heterocycles. The molecule has 0 saturated heterocycles. The molecular formula is C13H12N4O. The Morgan fingerprint density at radius 1 is 1.22 bits per heavy atom. The van der Waals surface area contributed by atoms with Gasteiger partial charge in [-0.2, -0.15) is 10.2 Å². The predicted octanol–water partition coefficient (Wildman–Crippen LogP) is 1.73. The SMILES string of the molecule is Cc1ccccc1-n1ncc2c(C)n[nH]c(=O)c21. The van der Waals surface area contributed by atoms with Crippen LogP contribution in [0.25, 0.3) is 16.6 Å². The van der Waals surface area contributed by atoms with Crippen molar-refractivity contribution in [3.63, 3.8) is 0 Å². The molecule has 1 N–H and O–H groups in total. The van der Waals surface area contributed by atoms with E-state index in [9.17, 15) is 4.79 Å². The van der Waals surface area contributed by atoms with Gasteiger partial charge in [0.2, 0.25) is 0 Å². The van der Waals surface area contributed by atoms with E-state index >= 15 is 0 Å². The Kier molecular flexibility index (Phi) is 2.26. The highest BCUT2D eigenvalue weighted by Gasteiger charge is 2.12. The average molecular weight is 240 g/mol. The largest absolute Gasteiger partial charge is 0.290 e. The first-order chi connectivity index (χ1) is 8.68. The van der Waals surface area contributed by atoms with Crippen molar-refractivity contribution in [3.05, 3.63) is 52.1 Å². The van der Waals surface area contributed by atoms with Crippen LogP contribution in [0, 0.1) is 13.8 Å². The van der Waals surface area contributed by atoms with Gasteiger partial charge in [-0.3, -0.25) is 4.79 Å². The number of aromatic nitrogens is 4. The summed E-state index contributed by atoms with van der Waals surface area (Å²) in [6.45, 7) is 3.84. The summed E-state index contributed by atoms with van der Waals surface area (Å²) in [4.78, 5) is 11.9. The van der Waals surface area contributed by atoms with Gasteiger partial charge in [-0.15, -0.1) is 0 Å². The molecule has 0 saturated carbocycles. The summed E-state index contributed by atoms with van der Waals surface area (Å²) in [5.74, 6) is 0. The number of hydrogen-bond donors (Lipinski definition) is 1. The van der Waals surface area contributed by atoms with E-state index in [1.165, 1.54) is 0 Å². The van der Waals surface area contributed by atoms with Gasteiger partial charge in [0.15, 0.2) is 0 Å². The highest BCUT2D eigenvalue weighted by atomic mass is 16.1. The number of para-hydroxylation sites is 1. The van der Waals surface area contributed by atoms with Crippen LogP contribution in [0.3, 0.4) is 0 Å². The van der Waals surface area contributed by atoms with Gasteiger partial charge in [-0.1, -0.05) is 18.2 Å². The Labute approximate surface area is 103 Å². The van der Waals surface area contributed by atoms with Crippen molar-refractivity contribution in [1.29, 1.82) is 0 Å². The second-order valence-electron chi connectivity index (χ2n) is 4.24. The summed E-state index contributed by atoms with van der Waals surface area (Å²) in [5, 5.41) is 11.5. The van der Waals surface area contributed by atoms with Crippen LogP contribution >= 0.6 is 0 Å². The summed E-state index contributed by atoms with van der Waals surface area (Å²) in [6, 6.07) is 7.82. The highest BCUT2D eigenvalue weighted by molar-refractivity contribution is 5.81. The summed E-state index contributed by atoms with van der Waals surface area (Å²) < 4.78 is 1.66. The number of aromatic amines is 1. The van der Waals surface area contributed by atoms with Crippen LogP contribution in [0.15, 0.2) is 35.3 Å². The van der Waals surface area contributed by atoms with Crippen LogP contribution in [-0.4, -0.2) is 20.0 Å². The van der Waals surface area contributed by atoms with Gasteiger partial charge < -0.3 is 0 Å². The summed E-state index contributed by atoms with van der Waals surface area (Å²) in [7, 11) is 0. The van der Waals surface area contributed by atoms with E-state index in [2.05, 4.69) is 15.3 Å². The number of benzene rings is 1. The standard InChI is InChI=1S/C13H12N4O/c1-8-5-3-4-6-11(8)17-12-10(7-14-17)9(2)15-16-13(12)18/h3-7H,1-2H3,(H,16,18). The van der Waals surface area contributed by atoms with Crippen molar-refractivity contribution in [2.45, 2.75) is 13.8 Å². The predicted molar refractivity (Wildman–Crippen MR) is 69.0 cm³/mol. The fraction of sp³-hybridized carbons (Fsp3) is 0.154. The van der Waals surface area contributed by atoms with Crippen molar-refractivity contribution >= 4 is 10.9 Å². The molecule has 2 heterocycles. The lowest BCUT2D eigenvalue weighted by atomic mass is 10.2. The minimum absolute atomic E-state index is 0.226. The number of nitrogens with one attached hydrogen (secondary N) is 1. The summed E-state index contributed by atoms with van der Waals surface area (Å²) >= 11 is 0. The molecule has 0 aliphatic heterocycles. The fourth-order valence-corrected chi connectivity index (χ4v) is 2.06. The number of fused-ring (bicyclic) bond motifs is 1. The van der Waals surface area contributed by atoms with E-state index in [-0.39, 0.29) is 5.56 Å². The van der Waals surface area contributed by atoms with E-state index in [0.717, 1.165) is 22.3 Å². The molecule has 0 aliphatic rings. The first kappa shape index (κ1) is 10.7. The van der Waals surface area contributed by atoms with E-state index in [1.54, 1.807) is 10.9 Å². The number of hydrogen-bond acceptors (Lipinski definition) is 3. The van der Waals surface area contributed by atoms with Gasteiger partial charge in [0.25, 0.3) is 5.56 Å². The van der Waals surface area contributed by atoms with Crippen molar-refractivity contribution < 1.29 is 0 Å². The van der Waals surface area contributed by atoms with Gasteiger partial charge in [0, 0.05) is 5.39 Å². The first-order valence-electron chi connectivity index (χ1n) is 5.67. The molecule has 18 heavy (non-hydrogen) atoms. The van der Waals surface area contributed by atoms with Crippen LogP contribution in [0.1, 0.15) is 11.3 Å². The Morgan fingerprint density at radius 3 is 2.78 bits per heavy atom. The molecule has 5 nitrogen and oxygen atoms in total. The maximum absolute atomic E-state index is 11.9. The van der Waals surface area contributed by atoms with E-state index in [4.69, 9.17) is 0 Å². The molecule has 0 unspecified atom stereocenters. The fourth-order valence-electron chi connectivity index (χ4n) is 2.06. The van der Waals surface area contributed by atoms with Crippen LogP contribution in [0.5, 0.6) is 0 Å². The minimum atomic E-state index is -0.226. The van der Waals surface area contributed by atoms with Crippen molar-refractivity contribution in [1.82, 2.24) is 20.0 Å². The lowest BCUT2D eigenvalue weighted by molar-refractivity contribution is 0.885. The molecule has 1 aromatic carbocycles. The third-order valence-electron chi connectivity index (χ3n) is 3.04. The molecule has 0 radical (unpaired) electrons. The molecule has 0 amide bonds. The van der Waals surface area contributed by atoms with E-state index in [0.29, 0.717) is 5.52 Å². The number of rotatable bonds is 1. The monoisotopic (exact) mass is 240 g/mol. The smallest absolute Gasteiger partial charge is 0.266 e. The van der Waals surface area contributed by atoms with Gasteiger partial charge >= 0.3 is 0 Å². The topological polar surface area (TPSA) is 63.6 Å². The zero-order valence-corrected chi connectivity index (χ0v) is 10.1. The molecular weight excluding hydrogens is 228 g/mol. The Bertz CT molecular complexity index is 785. The molecule has 0 bridgehead atoms. The maximum Gasteiger partial charge on any atom is 0.290 e. The van der Waals surface area contributed by atoms with Crippen molar-refractivity contribution in [2.75, 3.05) is 0 Å². The second-order valence-corrected chi connectivity index (χ2v) is 4.24. The van der Waals surface area contributed by atoms with Crippen LogP contribution in [0.4, 0.5) is 0 Å². The summed E-state index contributed by atoms with van der Waals surface area (Å²) in [6.07, 6.45) is 1.68. The third-order valence-corrected chi connectivity index (χ3v) is 3.04. The quantitative estimate of drug-likeness (QED) is 0.704. The second kappa shape index (κ2) is 3.80. The number of nitrogens with zero attached hydrogens (tertiary/aromatic N) is 3. The molecule has 0 atom stereocenters. The normalized spacial score (nSPS) is 11.0. The van der Waals surface area contributed by atoms with Crippen LogP contribution in [-0.2, 0) is 0 Å². The van der Waals surface area contributed by atoms with Gasteiger partial charge in [-0.25, -0.2) is 9.78 Å². The molecule has 0 fully saturated rings. The molecule has 0 aliphatic carbocycles. The van der Waals surface area contributed by atoms with Gasteiger partial charge in [0.05, 0.1) is 17.6 Å². The average Bonchev–Trinajstić information content (AvgIpc) is 2.80. The number of H-pyrrole nitrogens is 1. The van der Waals surface area contributed by atoms with Gasteiger partial charge in [-0.05, 0) is 25.5 Å². The van der Waals surface area contributed by atoms with Gasteiger partial charge in [0.1, 0.15) is 5.52 Å².